The van der Waals surface area contributed by atoms with E-state index in [2.05, 4.69) is 156 Å². The second kappa shape index (κ2) is 25.3. The van der Waals surface area contributed by atoms with Gasteiger partial charge in [-0.15, -0.1) is 0 Å². The summed E-state index contributed by atoms with van der Waals surface area (Å²) in [7, 11) is -2.08. The van der Waals surface area contributed by atoms with E-state index >= 15 is 0 Å². The fourth-order valence-corrected chi connectivity index (χ4v) is 10.6. The highest BCUT2D eigenvalue weighted by molar-refractivity contribution is 7.43. The fraction of sp³-hybridized carbons (Fsp3) is 0.703. The lowest BCUT2D eigenvalue weighted by Crippen LogP contribution is -2.25. The van der Waals surface area contributed by atoms with E-state index < -0.39 is 8.60 Å². The van der Waals surface area contributed by atoms with Crippen molar-refractivity contribution in [3.8, 4) is 17.2 Å². The van der Waals surface area contributed by atoms with Gasteiger partial charge in [-0.1, -0.05) is 239 Å². The molecule has 0 amide bonds. The van der Waals surface area contributed by atoms with Gasteiger partial charge in [0.25, 0.3) is 0 Å². The van der Waals surface area contributed by atoms with Crippen molar-refractivity contribution >= 4 is 14.6 Å². The first kappa shape index (κ1) is 59.5. The number of fused-ring (bicyclic) bond motifs is 2. The van der Waals surface area contributed by atoms with Gasteiger partial charge < -0.3 is 18.3 Å². The molecule has 0 fully saturated rings. The Balaban J connectivity index is 1.76. The van der Waals surface area contributed by atoms with Crippen LogP contribution in [0.5, 0.6) is 17.2 Å². The van der Waals surface area contributed by atoms with Gasteiger partial charge in [0, 0.05) is 28.7 Å². The van der Waals surface area contributed by atoms with E-state index in [1.807, 2.05) is 12.1 Å². The van der Waals surface area contributed by atoms with Crippen LogP contribution in [0.2, 0.25) is 0 Å². The fourth-order valence-electron chi connectivity index (χ4n) is 9.42. The third-order valence-corrected chi connectivity index (χ3v) is 17.4. The second-order valence-corrected chi connectivity index (χ2v) is 26.8. The van der Waals surface area contributed by atoms with E-state index in [9.17, 15) is 4.79 Å². The lowest BCUT2D eigenvalue weighted by atomic mass is 9.73. The molecule has 0 saturated carbocycles. The number of carbonyl (C=O) groups is 1. The Kier molecular flexibility index (Phi) is 21.5. The van der Waals surface area contributed by atoms with Crippen molar-refractivity contribution < 1.29 is 23.1 Å². The Morgan fingerprint density at radius 3 is 1.17 bits per heavy atom. The average molecular weight is 983 g/mol. The quantitative estimate of drug-likeness (QED) is 0.0456. The molecule has 4 rings (SSSR count). The summed E-state index contributed by atoms with van der Waals surface area (Å²) < 4.78 is 28.3. The van der Waals surface area contributed by atoms with Crippen LogP contribution in [-0.4, -0.2) is 12.6 Å². The predicted octanol–water partition coefficient (Wildman–Crippen LogP) is 20.3. The maximum atomic E-state index is 14.0. The molecule has 1 heterocycles. The van der Waals surface area contributed by atoms with E-state index in [1.165, 1.54) is 110 Å². The molecule has 0 N–H and O–H groups in total. The molecule has 5 nitrogen and oxygen atoms in total. The van der Waals surface area contributed by atoms with Crippen molar-refractivity contribution in [1.82, 2.24) is 0 Å². The van der Waals surface area contributed by atoms with E-state index in [0.29, 0.717) is 18.6 Å². The van der Waals surface area contributed by atoms with Crippen molar-refractivity contribution in [2.45, 2.75) is 286 Å². The van der Waals surface area contributed by atoms with Gasteiger partial charge in [0.05, 0.1) is 12.2 Å². The molecular weight excluding hydrogens is 880 g/mol. The number of ether oxygens (including phenoxy) is 1. The Labute approximate surface area is 432 Å². The normalized spacial score (nSPS) is 14.0. The van der Waals surface area contributed by atoms with Crippen LogP contribution in [0.3, 0.4) is 0 Å². The monoisotopic (exact) mass is 983 g/mol. The highest BCUT2D eigenvalue weighted by Crippen LogP contribution is 2.56. The molecule has 1 aliphatic rings. The maximum absolute atomic E-state index is 14.0. The number of hydrogen-bond acceptors (Lipinski definition) is 5. The van der Waals surface area contributed by atoms with Crippen molar-refractivity contribution in [3.05, 3.63) is 86.5 Å². The first-order chi connectivity index (χ1) is 32.7. The molecular formula is C64H103O5P. The van der Waals surface area contributed by atoms with E-state index in [-0.39, 0.29) is 38.5 Å². The lowest BCUT2D eigenvalue weighted by Gasteiger charge is -2.37. The number of hydrogen-bond donors (Lipinski definition) is 0. The van der Waals surface area contributed by atoms with Gasteiger partial charge in [0.15, 0.2) is 0 Å². The highest BCUT2D eigenvalue weighted by Gasteiger charge is 2.40. The third kappa shape index (κ3) is 15.7. The summed E-state index contributed by atoms with van der Waals surface area (Å²) in [6, 6.07) is 13.7. The number of benzene rings is 3. The van der Waals surface area contributed by atoms with Gasteiger partial charge in [-0.3, -0.25) is 0 Å². The van der Waals surface area contributed by atoms with E-state index in [0.717, 1.165) is 66.9 Å². The topological polar surface area (TPSA) is 54.0 Å². The van der Waals surface area contributed by atoms with Crippen LogP contribution in [0, 0.1) is 0 Å². The Morgan fingerprint density at radius 2 is 0.829 bits per heavy atom. The van der Waals surface area contributed by atoms with Crippen molar-refractivity contribution in [2.24, 2.45) is 0 Å². The van der Waals surface area contributed by atoms with E-state index in [1.54, 1.807) is 0 Å². The van der Waals surface area contributed by atoms with Gasteiger partial charge >= 0.3 is 14.6 Å². The standard InChI is InChI=1S/C64H103O5P/c1-20-25-26-27-28-29-30-31-32-33-34-35-36-37-38-66-58(65)48-42-51(59(6,7)8)57(52(43-48)60(9,10)11)69-70-67-55-46(40-49(61(12,13)21-2)44-53(55)63(16,17)23-4)39-47-41-50(62(14,15)22-3)45-54(56(47)68-70)64(18,19)24-5/h40-45H,20-39H2,1-19H3. The summed E-state index contributed by atoms with van der Waals surface area (Å²) >= 11 is 0. The Hall–Kier alpha value is -3.04. The molecule has 0 bridgehead atoms. The smallest absolute Gasteiger partial charge is 0.462 e. The van der Waals surface area contributed by atoms with Crippen LogP contribution >= 0.6 is 8.60 Å². The van der Waals surface area contributed by atoms with Gasteiger partial charge in [-0.25, -0.2) is 4.79 Å². The van der Waals surface area contributed by atoms with Crippen LogP contribution in [0.25, 0.3) is 0 Å². The molecule has 6 heteroatoms. The zero-order chi connectivity index (χ0) is 52.3. The predicted molar refractivity (Wildman–Crippen MR) is 302 cm³/mol. The molecule has 1 aliphatic heterocycles. The molecule has 3 aromatic carbocycles. The summed E-state index contributed by atoms with van der Waals surface area (Å²) in [6.07, 6.45) is 22.7. The van der Waals surface area contributed by atoms with Crippen LogP contribution in [0.4, 0.5) is 0 Å². The minimum Gasteiger partial charge on any atom is -0.462 e. The van der Waals surface area contributed by atoms with Crippen LogP contribution in [0.15, 0.2) is 36.4 Å². The van der Waals surface area contributed by atoms with Crippen molar-refractivity contribution in [3.63, 3.8) is 0 Å². The van der Waals surface area contributed by atoms with Crippen molar-refractivity contribution in [1.29, 1.82) is 0 Å². The first-order valence-corrected chi connectivity index (χ1v) is 29.3. The summed E-state index contributed by atoms with van der Waals surface area (Å²) in [4.78, 5) is 14.0. The molecule has 394 valence electrons. The largest absolute Gasteiger partial charge is 0.530 e. The van der Waals surface area contributed by atoms with Crippen LogP contribution < -0.4 is 13.6 Å². The number of carbonyl (C=O) groups excluding carboxylic acids is 1. The summed E-state index contributed by atoms with van der Waals surface area (Å²) in [6.45, 7) is 43.8. The SMILES string of the molecule is CCCCCCCCCCCCCCCCOC(=O)c1cc(C(C)(C)C)c(OP2Oc3c(cc(C(C)(C)CC)cc3C(C)(C)CC)Cc3cc(C(C)(C)CC)cc(C(C)(C)CC)c3O2)c(C(C)(C)C)c1. The Bertz CT molecular complexity index is 2020. The molecule has 3 aromatic rings. The average Bonchev–Trinajstić information content (AvgIpc) is 3.29. The summed E-state index contributed by atoms with van der Waals surface area (Å²) in [5, 5.41) is 0. The van der Waals surface area contributed by atoms with Crippen LogP contribution in [0.1, 0.15) is 302 Å². The molecule has 0 saturated heterocycles. The zero-order valence-corrected chi connectivity index (χ0v) is 49.5. The summed E-state index contributed by atoms with van der Waals surface area (Å²) in [5.74, 6) is 2.18. The lowest BCUT2D eigenvalue weighted by molar-refractivity contribution is 0.0497. The molecule has 0 radical (unpaired) electrons. The number of rotatable bonds is 26. The van der Waals surface area contributed by atoms with Crippen molar-refractivity contribution in [2.75, 3.05) is 6.61 Å². The maximum Gasteiger partial charge on any atom is 0.530 e. The van der Waals surface area contributed by atoms with Gasteiger partial charge in [-0.2, -0.15) is 0 Å². The Morgan fingerprint density at radius 1 is 0.471 bits per heavy atom. The minimum atomic E-state index is -2.08. The molecule has 0 spiro atoms. The summed E-state index contributed by atoms with van der Waals surface area (Å²) in [5.41, 5.74) is 8.61. The minimum absolute atomic E-state index is 0.0315. The van der Waals surface area contributed by atoms with Crippen LogP contribution in [-0.2, 0) is 43.6 Å². The van der Waals surface area contributed by atoms with Gasteiger partial charge in [-0.05, 0) is 99.0 Å². The molecule has 0 aliphatic carbocycles. The zero-order valence-electron chi connectivity index (χ0n) is 48.6. The van der Waals surface area contributed by atoms with Gasteiger partial charge in [0.2, 0.25) is 0 Å². The first-order valence-electron chi connectivity index (χ1n) is 28.2. The van der Waals surface area contributed by atoms with E-state index in [4.69, 9.17) is 18.3 Å². The number of esters is 1. The molecule has 0 aromatic heterocycles. The number of unbranched alkanes of at least 4 members (excludes halogenated alkanes) is 13. The molecule has 70 heavy (non-hydrogen) atoms. The van der Waals surface area contributed by atoms with Gasteiger partial charge in [0.1, 0.15) is 17.2 Å². The highest BCUT2D eigenvalue weighted by atomic mass is 31.2. The third-order valence-electron chi connectivity index (χ3n) is 16.4. The second-order valence-electron chi connectivity index (χ2n) is 25.8. The molecule has 0 unspecified atom stereocenters. The molecule has 0 atom stereocenters.